The summed E-state index contributed by atoms with van der Waals surface area (Å²) in [7, 11) is 0. The zero-order valence-electron chi connectivity index (χ0n) is 14.6. The molecule has 0 saturated carbocycles. The van der Waals surface area contributed by atoms with Crippen LogP contribution in [0, 0.1) is 0 Å². The molecule has 0 radical (unpaired) electrons. The van der Waals surface area contributed by atoms with Gasteiger partial charge in [-0.3, -0.25) is 9.89 Å². The number of esters is 1. The maximum Gasteiger partial charge on any atom is 0.343 e. The van der Waals surface area contributed by atoms with Gasteiger partial charge in [0.2, 0.25) is 5.43 Å². The van der Waals surface area contributed by atoms with Crippen LogP contribution in [0.4, 0.5) is 0 Å². The number of rotatable bonds is 8. The number of hydrogen-bond acceptors (Lipinski definition) is 7. The fourth-order valence-electron chi connectivity index (χ4n) is 2.29. The minimum absolute atomic E-state index is 0.0602. The third kappa shape index (κ3) is 4.98. The van der Waals surface area contributed by atoms with E-state index in [1.54, 1.807) is 42.0 Å². The molecule has 3 rings (SSSR count). The molecular formula is C18H18N4O4S. The molecular weight excluding hydrogens is 368 g/mol. The second kappa shape index (κ2) is 9.04. The minimum Gasteiger partial charge on any atom is -0.462 e. The highest BCUT2D eigenvalue weighted by Crippen LogP contribution is 2.19. The van der Waals surface area contributed by atoms with Crippen molar-refractivity contribution in [1.29, 1.82) is 0 Å². The summed E-state index contributed by atoms with van der Waals surface area (Å²) in [4.78, 5) is 28.8. The first-order valence-electron chi connectivity index (χ1n) is 8.29. The van der Waals surface area contributed by atoms with Crippen molar-refractivity contribution >= 4 is 17.7 Å². The second-order valence-corrected chi connectivity index (χ2v) is 6.46. The monoisotopic (exact) mass is 386 g/mol. The number of ether oxygens (including phenoxy) is 2. The fourth-order valence-corrected chi connectivity index (χ4v) is 3.02. The van der Waals surface area contributed by atoms with Crippen LogP contribution in [0.1, 0.15) is 17.3 Å². The molecule has 1 aromatic carbocycles. The molecule has 0 amide bonds. The second-order valence-electron chi connectivity index (χ2n) is 5.38. The predicted octanol–water partition coefficient (Wildman–Crippen LogP) is 2.73. The standard InChI is InChI=1S/C18H18N4O4S/c1-2-25-17(24)14-10-22(8-9-27-18-19-12-20-21-18)11-15(16(14)23)26-13-6-4-3-5-7-13/h3-7,10-12H,2,8-9H2,1H3,(H,19,20,21). The van der Waals surface area contributed by atoms with E-state index in [4.69, 9.17) is 9.47 Å². The van der Waals surface area contributed by atoms with E-state index in [1.807, 2.05) is 6.07 Å². The molecule has 140 valence electrons. The molecule has 3 aromatic rings. The number of thioether (sulfide) groups is 1. The largest absolute Gasteiger partial charge is 0.462 e. The maximum atomic E-state index is 12.6. The van der Waals surface area contributed by atoms with Crippen LogP contribution in [0.15, 0.2) is 59.0 Å². The van der Waals surface area contributed by atoms with E-state index < -0.39 is 11.4 Å². The van der Waals surface area contributed by atoms with E-state index in [0.29, 0.717) is 23.2 Å². The van der Waals surface area contributed by atoms with Crippen molar-refractivity contribution in [3.05, 3.63) is 64.8 Å². The van der Waals surface area contributed by atoms with Gasteiger partial charge < -0.3 is 14.0 Å². The molecule has 2 heterocycles. The average Bonchev–Trinajstić information content (AvgIpc) is 3.18. The van der Waals surface area contributed by atoms with Gasteiger partial charge in [0.15, 0.2) is 10.9 Å². The lowest BCUT2D eigenvalue weighted by molar-refractivity contribution is 0.0523. The smallest absolute Gasteiger partial charge is 0.343 e. The summed E-state index contributed by atoms with van der Waals surface area (Å²) in [6.07, 6.45) is 4.50. The molecule has 2 aromatic heterocycles. The summed E-state index contributed by atoms with van der Waals surface area (Å²) >= 11 is 1.48. The number of aryl methyl sites for hydroxylation is 1. The Hall–Kier alpha value is -3.07. The minimum atomic E-state index is -0.669. The number of carbonyl (C=O) groups is 1. The van der Waals surface area contributed by atoms with Crippen LogP contribution in [-0.4, -0.2) is 38.1 Å². The van der Waals surface area contributed by atoms with Crippen LogP contribution >= 0.6 is 11.8 Å². The molecule has 8 nitrogen and oxygen atoms in total. The van der Waals surface area contributed by atoms with E-state index in [2.05, 4.69) is 15.2 Å². The van der Waals surface area contributed by atoms with Crippen molar-refractivity contribution in [3.8, 4) is 11.5 Å². The lowest BCUT2D eigenvalue weighted by atomic mass is 10.2. The molecule has 0 saturated heterocycles. The van der Waals surface area contributed by atoms with Crippen LogP contribution in [0.3, 0.4) is 0 Å². The number of aromatic amines is 1. The number of H-pyrrole nitrogens is 1. The molecule has 27 heavy (non-hydrogen) atoms. The summed E-state index contributed by atoms with van der Waals surface area (Å²) in [6.45, 7) is 2.40. The number of nitrogens with zero attached hydrogens (tertiary/aromatic N) is 3. The first-order chi connectivity index (χ1) is 13.2. The first-order valence-corrected chi connectivity index (χ1v) is 9.28. The lowest BCUT2D eigenvalue weighted by Gasteiger charge is -2.12. The Bertz CT molecular complexity index is 942. The molecule has 1 N–H and O–H groups in total. The Morgan fingerprint density at radius 3 is 2.78 bits per heavy atom. The summed E-state index contributed by atoms with van der Waals surface area (Å²) < 4.78 is 12.4. The number of nitrogens with one attached hydrogen (secondary N) is 1. The van der Waals surface area contributed by atoms with Crippen molar-refractivity contribution in [2.75, 3.05) is 12.4 Å². The molecule has 0 fully saturated rings. The molecule has 0 bridgehead atoms. The SMILES string of the molecule is CCOC(=O)c1cn(CCSc2ncn[nH]2)cc(Oc2ccccc2)c1=O. The normalized spacial score (nSPS) is 10.6. The third-order valence-electron chi connectivity index (χ3n) is 3.49. The van der Waals surface area contributed by atoms with E-state index in [1.165, 1.54) is 24.3 Å². The topological polar surface area (TPSA) is 99.1 Å². The van der Waals surface area contributed by atoms with E-state index in [0.717, 1.165) is 0 Å². The Morgan fingerprint density at radius 1 is 1.26 bits per heavy atom. The molecule has 0 aliphatic carbocycles. The first kappa shape index (κ1) is 18.7. The Morgan fingerprint density at radius 2 is 2.07 bits per heavy atom. The van der Waals surface area contributed by atoms with Crippen LogP contribution in [0.2, 0.25) is 0 Å². The van der Waals surface area contributed by atoms with E-state index >= 15 is 0 Å². The van der Waals surface area contributed by atoms with Crippen molar-refractivity contribution in [2.45, 2.75) is 18.6 Å². The number of carbonyl (C=O) groups excluding carboxylic acids is 1. The van der Waals surface area contributed by atoms with Gasteiger partial charge in [-0.1, -0.05) is 30.0 Å². The van der Waals surface area contributed by atoms with Gasteiger partial charge in [0.25, 0.3) is 0 Å². The van der Waals surface area contributed by atoms with Gasteiger partial charge in [-0.25, -0.2) is 9.78 Å². The molecule has 0 atom stereocenters. The van der Waals surface area contributed by atoms with E-state index in [9.17, 15) is 9.59 Å². The van der Waals surface area contributed by atoms with Gasteiger partial charge in [0.05, 0.1) is 12.8 Å². The number of hydrogen-bond donors (Lipinski definition) is 1. The van der Waals surface area contributed by atoms with Crippen LogP contribution in [0.5, 0.6) is 11.5 Å². The Kier molecular flexibility index (Phi) is 6.26. The number of benzene rings is 1. The van der Waals surface area contributed by atoms with Crippen molar-refractivity contribution < 1.29 is 14.3 Å². The maximum absolute atomic E-state index is 12.6. The quantitative estimate of drug-likeness (QED) is 0.469. The summed E-state index contributed by atoms with van der Waals surface area (Å²) in [5, 5.41) is 7.26. The van der Waals surface area contributed by atoms with Gasteiger partial charge in [-0.15, -0.1) is 0 Å². The molecule has 0 aliphatic heterocycles. The highest BCUT2D eigenvalue weighted by atomic mass is 32.2. The molecule has 9 heteroatoms. The van der Waals surface area contributed by atoms with Gasteiger partial charge in [0, 0.05) is 18.5 Å². The van der Waals surface area contributed by atoms with Gasteiger partial charge in [-0.2, -0.15) is 5.10 Å². The lowest BCUT2D eigenvalue weighted by Crippen LogP contribution is -2.21. The van der Waals surface area contributed by atoms with Crippen LogP contribution in [-0.2, 0) is 11.3 Å². The zero-order valence-corrected chi connectivity index (χ0v) is 15.4. The van der Waals surface area contributed by atoms with Crippen molar-refractivity contribution in [2.24, 2.45) is 0 Å². The Balaban J connectivity index is 1.85. The van der Waals surface area contributed by atoms with Gasteiger partial charge in [0.1, 0.15) is 17.6 Å². The van der Waals surface area contributed by atoms with Gasteiger partial charge in [-0.05, 0) is 19.1 Å². The summed E-state index contributed by atoms with van der Waals surface area (Å²) in [6, 6.07) is 8.93. The molecule has 0 spiro atoms. The zero-order chi connectivity index (χ0) is 19.1. The fraction of sp³-hybridized carbons (Fsp3) is 0.222. The average molecular weight is 386 g/mol. The number of aromatic nitrogens is 4. The highest BCUT2D eigenvalue weighted by molar-refractivity contribution is 7.99. The highest BCUT2D eigenvalue weighted by Gasteiger charge is 2.17. The summed E-state index contributed by atoms with van der Waals surface area (Å²) in [5.74, 6) is 0.567. The van der Waals surface area contributed by atoms with Crippen LogP contribution in [0.25, 0.3) is 0 Å². The molecule has 0 aliphatic rings. The van der Waals surface area contributed by atoms with Gasteiger partial charge >= 0.3 is 5.97 Å². The number of pyridine rings is 1. The predicted molar refractivity (Wildman–Crippen MR) is 100 cm³/mol. The van der Waals surface area contributed by atoms with Crippen molar-refractivity contribution in [3.63, 3.8) is 0 Å². The Labute approximate surface area is 159 Å². The van der Waals surface area contributed by atoms with Crippen LogP contribution < -0.4 is 10.2 Å². The van der Waals surface area contributed by atoms with Crippen molar-refractivity contribution in [1.82, 2.24) is 19.7 Å². The molecule has 0 unspecified atom stereocenters. The van der Waals surface area contributed by atoms with E-state index in [-0.39, 0.29) is 17.9 Å². The summed E-state index contributed by atoms with van der Waals surface area (Å²) in [5.41, 5.74) is -0.564. The number of para-hydroxylation sites is 1. The third-order valence-corrected chi connectivity index (χ3v) is 4.35.